The topological polar surface area (TPSA) is 84.9 Å². The van der Waals surface area contributed by atoms with Gasteiger partial charge < -0.3 is 14.6 Å². The number of rotatable bonds is 5. The van der Waals surface area contributed by atoms with Gasteiger partial charge in [-0.15, -0.1) is 11.3 Å². The summed E-state index contributed by atoms with van der Waals surface area (Å²) in [5, 5.41) is 11.3. The molecule has 33 heavy (non-hydrogen) atoms. The van der Waals surface area contributed by atoms with E-state index in [4.69, 9.17) is 21.1 Å². The van der Waals surface area contributed by atoms with E-state index in [0.29, 0.717) is 16.3 Å². The van der Waals surface area contributed by atoms with Crippen molar-refractivity contribution in [1.29, 1.82) is 0 Å². The molecule has 170 valence electrons. The Labute approximate surface area is 200 Å². The third kappa shape index (κ3) is 4.58. The number of hydrogen-bond acceptors (Lipinski definition) is 6. The van der Waals surface area contributed by atoms with Crippen molar-refractivity contribution >= 4 is 43.0 Å². The van der Waals surface area contributed by atoms with Crippen molar-refractivity contribution in [1.82, 2.24) is 4.72 Å². The molecule has 0 fully saturated rings. The first-order chi connectivity index (χ1) is 15.9. The zero-order chi connectivity index (χ0) is 23.0. The lowest BCUT2D eigenvalue weighted by molar-refractivity contribution is 0.0801. The largest absolute Gasteiger partial charge is 0.487 e. The predicted molar refractivity (Wildman–Crippen MR) is 129 cm³/mol. The Balaban J connectivity index is 1.55. The number of hydrogen-bond donors (Lipinski definition) is 2. The Hall–Kier alpha value is -2.62. The highest BCUT2D eigenvalue weighted by Crippen LogP contribution is 2.37. The van der Waals surface area contributed by atoms with E-state index in [-0.39, 0.29) is 23.9 Å². The summed E-state index contributed by atoms with van der Waals surface area (Å²) in [6, 6.07) is 20.8. The average molecular weight is 502 g/mol. The molecule has 1 unspecified atom stereocenters. The van der Waals surface area contributed by atoms with Gasteiger partial charge in [-0.3, -0.25) is 0 Å². The van der Waals surface area contributed by atoms with Crippen LogP contribution in [0.1, 0.15) is 16.5 Å². The van der Waals surface area contributed by atoms with Gasteiger partial charge in [0.1, 0.15) is 19.3 Å². The highest BCUT2D eigenvalue weighted by molar-refractivity contribution is 7.89. The third-order valence-corrected chi connectivity index (χ3v) is 8.25. The molecule has 2 heterocycles. The van der Waals surface area contributed by atoms with Gasteiger partial charge in [0.05, 0.1) is 10.9 Å². The lowest BCUT2D eigenvalue weighted by Gasteiger charge is -2.20. The molecule has 2 atom stereocenters. The van der Waals surface area contributed by atoms with Crippen LogP contribution in [0.3, 0.4) is 0 Å². The molecule has 1 aliphatic rings. The molecule has 0 saturated heterocycles. The molecule has 4 aromatic rings. The third-order valence-electron chi connectivity index (χ3n) is 5.31. The van der Waals surface area contributed by atoms with Crippen LogP contribution < -0.4 is 14.2 Å². The van der Waals surface area contributed by atoms with Crippen molar-refractivity contribution < 1.29 is 23.0 Å². The van der Waals surface area contributed by atoms with Gasteiger partial charge in [0.25, 0.3) is 0 Å². The van der Waals surface area contributed by atoms with E-state index in [9.17, 15) is 13.5 Å². The van der Waals surface area contributed by atoms with Crippen LogP contribution in [0.15, 0.2) is 77.7 Å². The molecule has 1 aliphatic heterocycles. The smallest absolute Gasteiger partial charge is 0.241 e. The van der Waals surface area contributed by atoms with Gasteiger partial charge >= 0.3 is 0 Å². The van der Waals surface area contributed by atoms with Crippen LogP contribution >= 0.6 is 22.9 Å². The number of fused-ring (bicyclic) bond motifs is 2. The number of ether oxygens (including phenoxy) is 2. The molecule has 0 radical (unpaired) electrons. The molecular weight excluding hydrogens is 482 g/mol. The molecule has 5 rings (SSSR count). The molecule has 0 saturated carbocycles. The van der Waals surface area contributed by atoms with E-state index in [1.165, 1.54) is 29.5 Å². The molecular formula is C24H20ClNO5S2. The molecule has 6 nitrogen and oxygen atoms in total. The quantitative estimate of drug-likeness (QED) is 0.412. The van der Waals surface area contributed by atoms with E-state index in [1.54, 1.807) is 12.1 Å². The number of nitrogens with one attached hydrogen (secondary N) is 1. The molecule has 1 aromatic heterocycles. The van der Waals surface area contributed by atoms with E-state index < -0.39 is 22.2 Å². The van der Waals surface area contributed by atoms with Crippen molar-refractivity contribution in [2.75, 3.05) is 13.2 Å². The summed E-state index contributed by atoms with van der Waals surface area (Å²) >= 11 is 7.99. The van der Waals surface area contributed by atoms with E-state index >= 15 is 0 Å². The average Bonchev–Trinajstić information content (AvgIpc) is 3.15. The van der Waals surface area contributed by atoms with Gasteiger partial charge in [-0.2, -0.15) is 4.72 Å². The van der Waals surface area contributed by atoms with Crippen LogP contribution in [-0.2, 0) is 10.0 Å². The van der Waals surface area contributed by atoms with Crippen molar-refractivity contribution in [3.05, 3.63) is 88.3 Å². The maximum Gasteiger partial charge on any atom is 0.241 e. The van der Waals surface area contributed by atoms with E-state index in [1.807, 2.05) is 42.5 Å². The van der Waals surface area contributed by atoms with Gasteiger partial charge in [0.2, 0.25) is 10.0 Å². The molecule has 0 amide bonds. The standard InChI is InChI=1S/C24H20ClNO5S2/c25-19-7-3-2-6-18(19)24(23-11-15-5-1-4-8-22(15)32-23)26-33(28,29)17-9-10-20-21(12-17)31-14-16(27)13-30-20/h1-12,16,24,26-27H,13-14H2/t16-,24?/m1/s1. The van der Waals surface area contributed by atoms with Gasteiger partial charge in [0, 0.05) is 20.7 Å². The first-order valence-corrected chi connectivity index (χ1v) is 12.9. The van der Waals surface area contributed by atoms with Crippen LogP contribution in [0.4, 0.5) is 0 Å². The fraction of sp³-hybridized carbons (Fsp3) is 0.167. The van der Waals surface area contributed by atoms with Gasteiger partial charge in [-0.25, -0.2) is 8.42 Å². The van der Waals surface area contributed by atoms with Crippen LogP contribution in [0.25, 0.3) is 10.1 Å². The van der Waals surface area contributed by atoms with Gasteiger partial charge in [-0.05, 0) is 41.3 Å². The summed E-state index contributed by atoms with van der Waals surface area (Å²) < 4.78 is 41.8. The summed E-state index contributed by atoms with van der Waals surface area (Å²) in [5.41, 5.74) is 0.659. The monoisotopic (exact) mass is 501 g/mol. The summed E-state index contributed by atoms with van der Waals surface area (Å²) in [4.78, 5) is 0.852. The number of halogens is 1. The molecule has 0 bridgehead atoms. The van der Waals surface area contributed by atoms with Crippen molar-refractivity contribution in [2.24, 2.45) is 0 Å². The normalized spacial score (nSPS) is 17.0. The Kier molecular flexibility index (Phi) is 6.03. The molecule has 0 spiro atoms. The summed E-state index contributed by atoms with van der Waals surface area (Å²) in [6.07, 6.45) is -0.784. The summed E-state index contributed by atoms with van der Waals surface area (Å²) in [5.74, 6) is 0.656. The van der Waals surface area contributed by atoms with E-state index in [0.717, 1.165) is 15.0 Å². The second-order valence-corrected chi connectivity index (χ2v) is 10.9. The van der Waals surface area contributed by atoms with Gasteiger partial charge in [0.15, 0.2) is 11.5 Å². The second kappa shape index (κ2) is 8.96. The van der Waals surface area contributed by atoms with Crippen molar-refractivity contribution in [3.63, 3.8) is 0 Å². The first-order valence-electron chi connectivity index (χ1n) is 10.2. The molecule has 3 aromatic carbocycles. The zero-order valence-electron chi connectivity index (χ0n) is 17.3. The highest BCUT2D eigenvalue weighted by atomic mass is 35.5. The first kappa shape index (κ1) is 22.2. The Morgan fingerprint density at radius 1 is 0.970 bits per heavy atom. The van der Waals surface area contributed by atoms with Crippen molar-refractivity contribution in [3.8, 4) is 11.5 Å². The number of benzene rings is 3. The number of sulfonamides is 1. The second-order valence-electron chi connectivity index (χ2n) is 7.65. The lowest BCUT2D eigenvalue weighted by Crippen LogP contribution is -2.29. The Bertz CT molecular complexity index is 1390. The van der Waals surface area contributed by atoms with Crippen LogP contribution in [0.2, 0.25) is 5.02 Å². The fourth-order valence-corrected chi connectivity index (χ4v) is 6.32. The fourth-order valence-electron chi connectivity index (χ4n) is 3.66. The molecule has 9 heteroatoms. The summed E-state index contributed by atoms with van der Waals surface area (Å²) in [6.45, 7) is 0.103. The SMILES string of the molecule is O=S(=O)(NC(c1cc2ccccc2s1)c1ccccc1Cl)c1ccc2c(c1)OC[C@H](O)CO2. The maximum absolute atomic E-state index is 13.5. The highest BCUT2D eigenvalue weighted by Gasteiger charge is 2.27. The van der Waals surface area contributed by atoms with Gasteiger partial charge in [-0.1, -0.05) is 48.0 Å². The predicted octanol–water partition coefficient (Wildman–Crippen LogP) is 4.75. The van der Waals surface area contributed by atoms with Crippen molar-refractivity contribution in [2.45, 2.75) is 17.0 Å². The minimum Gasteiger partial charge on any atom is -0.487 e. The zero-order valence-corrected chi connectivity index (χ0v) is 19.7. The molecule has 2 N–H and O–H groups in total. The minimum absolute atomic E-state index is 0.0218. The summed E-state index contributed by atoms with van der Waals surface area (Å²) in [7, 11) is -3.97. The minimum atomic E-state index is -3.97. The van der Waals surface area contributed by atoms with Crippen LogP contribution in [-0.4, -0.2) is 32.8 Å². The number of aliphatic hydroxyl groups is 1. The van der Waals surface area contributed by atoms with Crippen LogP contribution in [0.5, 0.6) is 11.5 Å². The number of aliphatic hydroxyl groups excluding tert-OH is 1. The maximum atomic E-state index is 13.5. The number of thiophene rings is 1. The molecule has 0 aliphatic carbocycles. The lowest BCUT2D eigenvalue weighted by atomic mass is 10.1. The Morgan fingerprint density at radius 2 is 1.70 bits per heavy atom. The van der Waals surface area contributed by atoms with E-state index in [2.05, 4.69) is 4.72 Å². The van der Waals surface area contributed by atoms with Crippen LogP contribution in [0, 0.1) is 0 Å². The Morgan fingerprint density at radius 3 is 2.48 bits per heavy atom.